The molecule has 5 atom stereocenters. The molecule has 0 aromatic carbocycles. The predicted octanol–water partition coefficient (Wildman–Crippen LogP) is 2.11. The summed E-state index contributed by atoms with van der Waals surface area (Å²) in [5.74, 6) is -0.0658. The Morgan fingerprint density at radius 2 is 2.06 bits per heavy atom. The Kier molecular flexibility index (Phi) is 5.36. The van der Waals surface area contributed by atoms with E-state index in [1.54, 1.807) is 25.3 Å². The molecule has 0 saturated carbocycles. The van der Waals surface area contributed by atoms with Gasteiger partial charge in [-0.25, -0.2) is 9.55 Å². The molecule has 2 unspecified atom stereocenters. The highest BCUT2D eigenvalue weighted by atomic mass is 31.2. The number of imidazole rings is 1. The second-order valence-corrected chi connectivity index (χ2v) is 11.9. The Hall–Kier alpha value is -1.82. The van der Waals surface area contributed by atoms with Crippen LogP contribution in [0.1, 0.15) is 54.2 Å². The highest BCUT2D eigenvalue weighted by molar-refractivity contribution is 7.47. The topological polar surface area (TPSA) is 164 Å². The maximum absolute atomic E-state index is 12.8. The molecule has 178 valence electrons. The number of H-pyrrole nitrogens is 1. The lowest BCUT2D eigenvalue weighted by Gasteiger charge is -2.37. The van der Waals surface area contributed by atoms with E-state index in [1.807, 2.05) is 20.8 Å². The summed E-state index contributed by atoms with van der Waals surface area (Å²) in [6.07, 6.45) is -0.574. The number of aromatic nitrogens is 4. The van der Waals surface area contributed by atoms with Crippen LogP contribution in [0.15, 0.2) is 11.1 Å². The summed E-state index contributed by atoms with van der Waals surface area (Å²) in [4.78, 5) is 33.4. The Balaban J connectivity index is 1.74. The summed E-state index contributed by atoms with van der Waals surface area (Å²) in [5.41, 5.74) is 3.42. The van der Waals surface area contributed by atoms with Crippen LogP contribution in [0.2, 0.25) is 0 Å². The van der Waals surface area contributed by atoms with E-state index < -0.39 is 43.0 Å². The molecule has 32 heavy (non-hydrogen) atoms. The molecule has 0 aliphatic carbocycles. The largest absolute Gasteiger partial charge is 0.473 e. The summed E-state index contributed by atoms with van der Waals surface area (Å²) in [6.45, 7) is 11.2. The van der Waals surface area contributed by atoms with Crippen molar-refractivity contribution in [1.29, 1.82) is 0 Å². The first-order valence-electron chi connectivity index (χ1n) is 10.3. The lowest BCUT2D eigenvalue weighted by Crippen LogP contribution is -2.44. The number of phosphoric acid groups is 1. The SMILES string of the molecule is CC(C)(C)C[C@]12CO[C@@H](C1OP(=O)(O)OC(C)(C)C)[C@H](n1cnc3c(=O)[nH]c(N)nc31)O2. The fourth-order valence-corrected chi connectivity index (χ4v) is 5.78. The van der Waals surface area contributed by atoms with Crippen molar-refractivity contribution < 1.29 is 28.0 Å². The molecule has 4 rings (SSSR count). The number of aromatic amines is 1. The van der Waals surface area contributed by atoms with Gasteiger partial charge < -0.3 is 20.1 Å². The van der Waals surface area contributed by atoms with Gasteiger partial charge in [-0.2, -0.15) is 4.98 Å². The van der Waals surface area contributed by atoms with Gasteiger partial charge in [-0.05, 0) is 32.6 Å². The molecule has 2 saturated heterocycles. The van der Waals surface area contributed by atoms with Gasteiger partial charge in [0.05, 0.1) is 18.5 Å². The zero-order chi connectivity index (χ0) is 23.7. The average molecular weight is 471 g/mol. The van der Waals surface area contributed by atoms with E-state index in [4.69, 9.17) is 24.3 Å². The van der Waals surface area contributed by atoms with Gasteiger partial charge in [-0.1, -0.05) is 20.8 Å². The quantitative estimate of drug-likeness (QED) is 0.550. The first kappa shape index (κ1) is 23.3. The first-order chi connectivity index (χ1) is 14.6. The molecule has 4 heterocycles. The summed E-state index contributed by atoms with van der Waals surface area (Å²) >= 11 is 0. The van der Waals surface area contributed by atoms with Crippen LogP contribution in [0.4, 0.5) is 5.95 Å². The van der Waals surface area contributed by atoms with E-state index in [0.29, 0.717) is 6.42 Å². The van der Waals surface area contributed by atoms with Crippen LogP contribution in [-0.2, 0) is 23.1 Å². The van der Waals surface area contributed by atoms with E-state index in [2.05, 4.69) is 15.0 Å². The third-order valence-corrected chi connectivity index (χ3v) is 6.44. The number of hydrogen-bond acceptors (Lipinski definition) is 9. The molecule has 2 aliphatic heterocycles. The number of nitrogens with two attached hydrogens (primary N) is 1. The third-order valence-electron chi connectivity index (χ3n) is 5.16. The fourth-order valence-electron chi connectivity index (χ4n) is 4.45. The van der Waals surface area contributed by atoms with Gasteiger partial charge in [0.2, 0.25) is 5.95 Å². The average Bonchev–Trinajstić information content (AvgIpc) is 3.20. The standard InChI is InChI=1S/C19H30N5O7P/c1-17(2,3)7-19-8-28-11(12(19)30-32(26,27)31-18(4,5)6)15(29-19)24-9-21-10-13(24)22-16(20)23-14(10)25/h9,11-12,15H,7-8H2,1-6H3,(H,26,27)(H3,20,22,23,25)/t11-,12?,15+,19-/m0/s1. The Morgan fingerprint density at radius 3 is 2.69 bits per heavy atom. The van der Waals surface area contributed by atoms with E-state index in [1.165, 1.54) is 6.33 Å². The first-order valence-corrected chi connectivity index (χ1v) is 11.8. The third kappa shape index (κ3) is 4.35. The minimum Gasteiger partial charge on any atom is -0.369 e. The van der Waals surface area contributed by atoms with Crippen molar-refractivity contribution in [1.82, 2.24) is 19.5 Å². The number of nitrogen functional groups attached to an aromatic ring is 1. The summed E-state index contributed by atoms with van der Waals surface area (Å²) in [6, 6.07) is 0. The van der Waals surface area contributed by atoms with Crippen molar-refractivity contribution in [3.05, 3.63) is 16.7 Å². The second-order valence-electron chi connectivity index (χ2n) is 10.6. The number of fused-ring (bicyclic) bond motifs is 3. The molecule has 0 radical (unpaired) electrons. The minimum absolute atomic E-state index is 0.0658. The van der Waals surface area contributed by atoms with Crippen molar-refractivity contribution in [3.63, 3.8) is 0 Å². The Labute approximate surface area is 185 Å². The number of phosphoric ester groups is 1. The van der Waals surface area contributed by atoms with Gasteiger partial charge in [-0.3, -0.25) is 23.4 Å². The molecule has 4 N–H and O–H groups in total. The molecule has 2 aromatic heterocycles. The van der Waals surface area contributed by atoms with Gasteiger partial charge in [0.15, 0.2) is 17.4 Å². The van der Waals surface area contributed by atoms with Crippen LogP contribution in [0.5, 0.6) is 0 Å². The van der Waals surface area contributed by atoms with Crippen LogP contribution in [0, 0.1) is 5.41 Å². The van der Waals surface area contributed by atoms with Crippen LogP contribution in [0.25, 0.3) is 11.2 Å². The number of ether oxygens (including phenoxy) is 2. The molecular formula is C19H30N5O7P. The second kappa shape index (κ2) is 7.34. The Morgan fingerprint density at radius 1 is 1.38 bits per heavy atom. The summed E-state index contributed by atoms with van der Waals surface area (Å²) in [5, 5.41) is 0. The lowest BCUT2D eigenvalue weighted by molar-refractivity contribution is -0.182. The molecular weight excluding hydrogens is 441 g/mol. The van der Waals surface area contributed by atoms with Crippen LogP contribution < -0.4 is 11.3 Å². The van der Waals surface area contributed by atoms with Crippen molar-refractivity contribution in [2.24, 2.45) is 5.41 Å². The number of nitrogens with zero attached hydrogens (tertiary/aromatic N) is 3. The highest BCUT2D eigenvalue weighted by Crippen LogP contribution is 2.58. The summed E-state index contributed by atoms with van der Waals surface area (Å²) in [7, 11) is -4.45. The summed E-state index contributed by atoms with van der Waals surface area (Å²) < 4.78 is 37.8. The fraction of sp³-hybridized carbons (Fsp3) is 0.737. The van der Waals surface area contributed by atoms with E-state index >= 15 is 0 Å². The normalized spacial score (nSPS) is 30.2. The number of anilines is 1. The molecule has 2 aliphatic rings. The monoisotopic (exact) mass is 471 g/mol. The van der Waals surface area contributed by atoms with Gasteiger partial charge in [-0.15, -0.1) is 0 Å². The van der Waals surface area contributed by atoms with Crippen molar-refractivity contribution in [2.45, 2.75) is 77.6 Å². The van der Waals surface area contributed by atoms with Crippen molar-refractivity contribution >= 4 is 24.9 Å². The van der Waals surface area contributed by atoms with Crippen LogP contribution >= 0.6 is 7.82 Å². The van der Waals surface area contributed by atoms with Gasteiger partial charge in [0.1, 0.15) is 17.8 Å². The highest BCUT2D eigenvalue weighted by Gasteiger charge is 2.65. The molecule has 0 spiro atoms. The number of hydrogen-bond donors (Lipinski definition) is 3. The predicted molar refractivity (Wildman–Crippen MR) is 115 cm³/mol. The lowest BCUT2D eigenvalue weighted by atomic mass is 9.80. The Bertz CT molecular complexity index is 1130. The van der Waals surface area contributed by atoms with E-state index in [-0.39, 0.29) is 29.1 Å². The van der Waals surface area contributed by atoms with Gasteiger partial charge >= 0.3 is 7.82 Å². The van der Waals surface area contributed by atoms with Gasteiger partial charge in [0.25, 0.3) is 5.56 Å². The number of nitrogens with one attached hydrogen (secondary N) is 1. The molecule has 2 bridgehead atoms. The zero-order valence-corrected chi connectivity index (χ0v) is 19.9. The minimum atomic E-state index is -4.45. The number of rotatable bonds is 5. The van der Waals surface area contributed by atoms with Crippen molar-refractivity contribution in [3.8, 4) is 0 Å². The molecule has 12 nitrogen and oxygen atoms in total. The van der Waals surface area contributed by atoms with Crippen molar-refractivity contribution in [2.75, 3.05) is 12.3 Å². The molecule has 0 amide bonds. The van der Waals surface area contributed by atoms with E-state index in [9.17, 15) is 14.3 Å². The zero-order valence-electron chi connectivity index (χ0n) is 19.0. The van der Waals surface area contributed by atoms with Crippen LogP contribution in [-0.4, -0.2) is 54.4 Å². The van der Waals surface area contributed by atoms with E-state index in [0.717, 1.165) is 0 Å². The van der Waals surface area contributed by atoms with Crippen LogP contribution in [0.3, 0.4) is 0 Å². The molecule has 2 fully saturated rings. The molecule has 2 aromatic rings. The maximum atomic E-state index is 12.8. The maximum Gasteiger partial charge on any atom is 0.473 e. The molecule has 13 heteroatoms. The van der Waals surface area contributed by atoms with Gasteiger partial charge in [0, 0.05) is 0 Å². The smallest absolute Gasteiger partial charge is 0.369 e.